The highest BCUT2D eigenvalue weighted by Crippen LogP contribution is 2.27. The Balaban J connectivity index is 1.55. The molecule has 0 unspecified atom stereocenters. The Bertz CT molecular complexity index is 963. The fourth-order valence-corrected chi connectivity index (χ4v) is 3.27. The van der Waals surface area contributed by atoms with E-state index in [2.05, 4.69) is 37.0 Å². The Morgan fingerprint density at radius 1 is 1.04 bits per heavy atom. The zero-order valence-corrected chi connectivity index (χ0v) is 16.3. The molecular formula is C17H15BrN6O2S. The van der Waals surface area contributed by atoms with Crippen LogP contribution in [0.2, 0.25) is 0 Å². The number of nitrogens with one attached hydrogen (secondary N) is 2. The lowest BCUT2D eigenvalue weighted by Crippen LogP contribution is -2.42. The van der Waals surface area contributed by atoms with Crippen LogP contribution in [0.15, 0.2) is 64.2 Å². The van der Waals surface area contributed by atoms with E-state index in [1.54, 1.807) is 30.3 Å². The number of hydrogen-bond donors (Lipinski definition) is 3. The topological polar surface area (TPSA) is 115 Å². The number of nitrogens with zero attached hydrogens (tertiary/aromatic N) is 3. The maximum absolute atomic E-state index is 11.9. The first-order valence-corrected chi connectivity index (χ1v) is 9.56. The van der Waals surface area contributed by atoms with Crippen molar-refractivity contribution in [3.8, 4) is 11.4 Å². The number of benzene rings is 2. The molecular weight excluding hydrogens is 432 g/mol. The van der Waals surface area contributed by atoms with Crippen molar-refractivity contribution < 1.29 is 9.59 Å². The van der Waals surface area contributed by atoms with Crippen LogP contribution in [0.1, 0.15) is 10.4 Å². The minimum atomic E-state index is -0.396. The molecule has 0 saturated heterocycles. The minimum absolute atomic E-state index is 0.0142. The summed E-state index contributed by atoms with van der Waals surface area (Å²) in [5.41, 5.74) is 5.95. The molecule has 1 heterocycles. The lowest BCUT2D eigenvalue weighted by Gasteiger charge is -2.07. The van der Waals surface area contributed by atoms with Crippen molar-refractivity contribution in [2.24, 2.45) is 0 Å². The Labute approximate surface area is 167 Å². The van der Waals surface area contributed by atoms with Gasteiger partial charge in [0.15, 0.2) is 5.82 Å². The second-order valence-corrected chi connectivity index (χ2v) is 7.11. The van der Waals surface area contributed by atoms with Crippen molar-refractivity contribution in [2.45, 2.75) is 5.16 Å². The van der Waals surface area contributed by atoms with Gasteiger partial charge < -0.3 is 5.84 Å². The number of nitrogen functional groups attached to an aromatic ring is 1. The number of carbonyl (C=O) groups is 2. The van der Waals surface area contributed by atoms with Crippen molar-refractivity contribution in [3.05, 3.63) is 64.6 Å². The number of thioether (sulfide) groups is 1. The van der Waals surface area contributed by atoms with E-state index >= 15 is 0 Å². The van der Waals surface area contributed by atoms with Gasteiger partial charge in [0, 0.05) is 15.6 Å². The predicted molar refractivity (Wildman–Crippen MR) is 106 cm³/mol. The molecule has 0 aliphatic rings. The van der Waals surface area contributed by atoms with Gasteiger partial charge in [-0.25, -0.2) is 4.68 Å². The number of rotatable bonds is 5. The van der Waals surface area contributed by atoms with Gasteiger partial charge in [0.2, 0.25) is 11.1 Å². The van der Waals surface area contributed by atoms with Crippen LogP contribution < -0.4 is 16.7 Å². The number of carbonyl (C=O) groups excluding carboxylic acids is 2. The molecule has 2 amide bonds. The lowest BCUT2D eigenvalue weighted by molar-refractivity contribution is -0.119. The number of hydrazine groups is 1. The van der Waals surface area contributed by atoms with Crippen molar-refractivity contribution in [1.29, 1.82) is 0 Å². The van der Waals surface area contributed by atoms with Crippen LogP contribution in [-0.2, 0) is 4.79 Å². The Morgan fingerprint density at radius 2 is 1.74 bits per heavy atom. The first-order chi connectivity index (χ1) is 13.1. The standard InChI is InChI=1S/C17H15BrN6O2S/c18-13-9-5-4-8-12(13)15-21-23-17(24(15)19)27-10-14(25)20-22-16(26)11-6-2-1-3-7-11/h1-9H,10,19H2,(H,20,25)(H,22,26). The largest absolute Gasteiger partial charge is 0.335 e. The van der Waals surface area contributed by atoms with Gasteiger partial charge in [-0.1, -0.05) is 58.0 Å². The summed E-state index contributed by atoms with van der Waals surface area (Å²) in [6.07, 6.45) is 0. The molecule has 0 spiro atoms. The van der Waals surface area contributed by atoms with E-state index < -0.39 is 11.8 Å². The van der Waals surface area contributed by atoms with E-state index in [9.17, 15) is 9.59 Å². The summed E-state index contributed by atoms with van der Waals surface area (Å²) >= 11 is 4.55. The molecule has 138 valence electrons. The maximum atomic E-state index is 11.9. The molecule has 10 heteroatoms. The Kier molecular flexibility index (Phi) is 6.09. The summed E-state index contributed by atoms with van der Waals surface area (Å²) in [5.74, 6) is 5.74. The summed E-state index contributed by atoms with van der Waals surface area (Å²) in [6.45, 7) is 0. The lowest BCUT2D eigenvalue weighted by atomic mass is 10.2. The van der Waals surface area contributed by atoms with Gasteiger partial charge in [0.05, 0.1) is 5.75 Å². The van der Waals surface area contributed by atoms with E-state index in [0.717, 1.165) is 21.8 Å². The number of halogens is 1. The third-order valence-electron chi connectivity index (χ3n) is 3.46. The monoisotopic (exact) mass is 446 g/mol. The van der Waals surface area contributed by atoms with Gasteiger partial charge in [0.25, 0.3) is 5.91 Å². The molecule has 0 saturated carbocycles. The molecule has 27 heavy (non-hydrogen) atoms. The van der Waals surface area contributed by atoms with E-state index in [4.69, 9.17) is 5.84 Å². The molecule has 8 nitrogen and oxygen atoms in total. The smallest absolute Gasteiger partial charge is 0.269 e. The highest BCUT2D eigenvalue weighted by molar-refractivity contribution is 9.10. The van der Waals surface area contributed by atoms with Crippen molar-refractivity contribution in [2.75, 3.05) is 11.6 Å². The number of nitrogens with two attached hydrogens (primary N) is 1. The summed E-state index contributed by atoms with van der Waals surface area (Å²) in [6, 6.07) is 16.1. The van der Waals surface area contributed by atoms with Crippen LogP contribution in [0.3, 0.4) is 0 Å². The van der Waals surface area contributed by atoms with Gasteiger partial charge in [-0.05, 0) is 24.3 Å². The number of aromatic nitrogens is 3. The van der Waals surface area contributed by atoms with Gasteiger partial charge in [-0.2, -0.15) is 0 Å². The van der Waals surface area contributed by atoms with E-state index in [-0.39, 0.29) is 5.75 Å². The van der Waals surface area contributed by atoms with E-state index in [0.29, 0.717) is 16.5 Å². The van der Waals surface area contributed by atoms with Crippen molar-refractivity contribution in [3.63, 3.8) is 0 Å². The first-order valence-electron chi connectivity index (χ1n) is 7.78. The van der Waals surface area contributed by atoms with Crippen LogP contribution >= 0.6 is 27.7 Å². The second-order valence-electron chi connectivity index (χ2n) is 5.31. The molecule has 0 aliphatic heterocycles. The molecule has 0 bridgehead atoms. The van der Waals surface area contributed by atoms with Gasteiger partial charge in [0.1, 0.15) is 0 Å². The molecule has 0 aliphatic carbocycles. The molecule has 4 N–H and O–H groups in total. The minimum Gasteiger partial charge on any atom is -0.335 e. The maximum Gasteiger partial charge on any atom is 0.269 e. The van der Waals surface area contributed by atoms with E-state index in [1.807, 2.05) is 24.3 Å². The molecule has 3 aromatic rings. The highest BCUT2D eigenvalue weighted by atomic mass is 79.9. The number of amides is 2. The van der Waals surface area contributed by atoms with Gasteiger partial charge in [-0.3, -0.25) is 20.4 Å². The quantitative estimate of drug-likeness (QED) is 0.313. The average molecular weight is 447 g/mol. The fourth-order valence-electron chi connectivity index (χ4n) is 2.16. The zero-order chi connectivity index (χ0) is 19.2. The Morgan fingerprint density at radius 3 is 2.48 bits per heavy atom. The predicted octanol–water partition coefficient (Wildman–Crippen LogP) is 1.97. The van der Waals surface area contributed by atoms with Crippen LogP contribution in [0.4, 0.5) is 0 Å². The number of hydrogen-bond acceptors (Lipinski definition) is 6. The zero-order valence-electron chi connectivity index (χ0n) is 13.9. The van der Waals surface area contributed by atoms with Gasteiger partial charge in [-0.15, -0.1) is 10.2 Å². The van der Waals surface area contributed by atoms with Gasteiger partial charge >= 0.3 is 0 Å². The van der Waals surface area contributed by atoms with Crippen LogP contribution in [0, 0.1) is 0 Å². The third-order valence-corrected chi connectivity index (χ3v) is 5.10. The average Bonchev–Trinajstić information content (AvgIpc) is 3.06. The SMILES string of the molecule is Nn1c(SCC(=O)NNC(=O)c2ccccc2)nnc1-c1ccccc1Br. The molecule has 1 aromatic heterocycles. The highest BCUT2D eigenvalue weighted by Gasteiger charge is 2.15. The third kappa shape index (κ3) is 4.66. The first kappa shape index (κ1) is 18.9. The second kappa shape index (κ2) is 8.69. The summed E-state index contributed by atoms with van der Waals surface area (Å²) in [4.78, 5) is 23.8. The van der Waals surface area contributed by atoms with Crippen LogP contribution in [-0.4, -0.2) is 32.4 Å². The molecule has 0 radical (unpaired) electrons. The van der Waals surface area contributed by atoms with Crippen molar-refractivity contribution >= 4 is 39.5 Å². The summed E-state index contributed by atoms with van der Waals surface area (Å²) in [7, 11) is 0. The summed E-state index contributed by atoms with van der Waals surface area (Å²) < 4.78 is 2.16. The Hall–Kier alpha value is -2.85. The summed E-state index contributed by atoms with van der Waals surface area (Å²) in [5, 5.41) is 8.46. The molecule has 0 atom stereocenters. The van der Waals surface area contributed by atoms with Crippen LogP contribution in [0.5, 0.6) is 0 Å². The molecule has 3 rings (SSSR count). The molecule has 2 aromatic carbocycles. The molecule has 0 fully saturated rings. The van der Waals surface area contributed by atoms with E-state index in [1.165, 1.54) is 4.68 Å². The normalized spacial score (nSPS) is 10.4. The van der Waals surface area contributed by atoms with Crippen LogP contribution in [0.25, 0.3) is 11.4 Å². The van der Waals surface area contributed by atoms with Crippen molar-refractivity contribution in [1.82, 2.24) is 25.7 Å². The fraction of sp³-hybridized carbons (Fsp3) is 0.0588.